The van der Waals surface area contributed by atoms with Crippen molar-refractivity contribution in [3.05, 3.63) is 35.6 Å². The molecule has 0 bridgehead atoms. The summed E-state index contributed by atoms with van der Waals surface area (Å²) < 4.78 is 13.1. The largest absolute Gasteiger partial charge is 0.396 e. The highest BCUT2D eigenvalue weighted by Gasteiger charge is 2.42. The third-order valence-electron chi connectivity index (χ3n) is 3.86. The van der Waals surface area contributed by atoms with Crippen molar-refractivity contribution in [2.75, 3.05) is 13.2 Å². The molecule has 1 aromatic carbocycles. The number of carbonyl (C=O) groups is 1. The van der Waals surface area contributed by atoms with E-state index in [1.165, 1.54) is 12.1 Å². The number of aliphatic hydroxyl groups is 1. The zero-order chi connectivity index (χ0) is 13.9. The van der Waals surface area contributed by atoms with Crippen LogP contribution in [0.15, 0.2) is 24.3 Å². The summed E-state index contributed by atoms with van der Waals surface area (Å²) in [6.45, 7) is 2.58. The molecule has 1 unspecified atom stereocenters. The van der Waals surface area contributed by atoms with Gasteiger partial charge >= 0.3 is 0 Å². The van der Waals surface area contributed by atoms with Crippen molar-refractivity contribution in [1.82, 2.24) is 5.32 Å². The van der Waals surface area contributed by atoms with E-state index in [0.29, 0.717) is 13.0 Å². The van der Waals surface area contributed by atoms with Crippen molar-refractivity contribution >= 4 is 5.91 Å². The van der Waals surface area contributed by atoms with Crippen LogP contribution < -0.4 is 5.32 Å². The van der Waals surface area contributed by atoms with Crippen molar-refractivity contribution < 1.29 is 14.3 Å². The van der Waals surface area contributed by atoms with Crippen molar-refractivity contribution in [3.8, 4) is 0 Å². The summed E-state index contributed by atoms with van der Waals surface area (Å²) in [4.78, 5) is 11.8. The first-order valence-corrected chi connectivity index (χ1v) is 6.68. The molecular formula is C15H20FNO2. The maximum atomic E-state index is 13.1. The fourth-order valence-corrected chi connectivity index (χ4v) is 2.13. The van der Waals surface area contributed by atoms with E-state index in [0.717, 1.165) is 18.4 Å². The van der Waals surface area contributed by atoms with Crippen LogP contribution >= 0.6 is 0 Å². The SMILES string of the molecule is CC(CC(=O)NCC1(CO)CC1)c1cccc(F)c1. The number of carbonyl (C=O) groups excluding carboxylic acids is 1. The smallest absolute Gasteiger partial charge is 0.220 e. The lowest BCUT2D eigenvalue weighted by Gasteiger charge is -2.15. The quantitative estimate of drug-likeness (QED) is 0.828. The molecule has 2 N–H and O–H groups in total. The van der Waals surface area contributed by atoms with Gasteiger partial charge < -0.3 is 10.4 Å². The van der Waals surface area contributed by atoms with E-state index < -0.39 is 0 Å². The fraction of sp³-hybridized carbons (Fsp3) is 0.533. The number of benzene rings is 1. The molecular weight excluding hydrogens is 245 g/mol. The molecule has 0 saturated heterocycles. The monoisotopic (exact) mass is 265 g/mol. The summed E-state index contributed by atoms with van der Waals surface area (Å²) in [5, 5.41) is 12.0. The Kier molecular flexibility index (Phi) is 4.20. The third kappa shape index (κ3) is 3.77. The highest BCUT2D eigenvalue weighted by atomic mass is 19.1. The second-order valence-corrected chi connectivity index (χ2v) is 5.60. The Hall–Kier alpha value is -1.42. The number of halogens is 1. The van der Waals surface area contributed by atoms with E-state index in [9.17, 15) is 9.18 Å². The third-order valence-corrected chi connectivity index (χ3v) is 3.86. The lowest BCUT2D eigenvalue weighted by Crippen LogP contribution is -2.32. The molecule has 0 radical (unpaired) electrons. The van der Waals surface area contributed by atoms with Crippen LogP contribution in [0.25, 0.3) is 0 Å². The van der Waals surface area contributed by atoms with Gasteiger partial charge in [0.2, 0.25) is 5.91 Å². The Balaban J connectivity index is 1.81. The summed E-state index contributed by atoms with van der Waals surface area (Å²) >= 11 is 0. The minimum absolute atomic E-state index is 0.0139. The number of nitrogens with one attached hydrogen (secondary N) is 1. The molecule has 1 fully saturated rings. The van der Waals surface area contributed by atoms with Crippen LogP contribution in [0.4, 0.5) is 4.39 Å². The van der Waals surface area contributed by atoms with Crippen LogP contribution in [0.2, 0.25) is 0 Å². The Morgan fingerprint density at radius 3 is 2.84 bits per heavy atom. The number of amides is 1. The maximum Gasteiger partial charge on any atom is 0.220 e. The van der Waals surface area contributed by atoms with Crippen molar-refractivity contribution in [2.24, 2.45) is 5.41 Å². The topological polar surface area (TPSA) is 49.3 Å². The lowest BCUT2D eigenvalue weighted by molar-refractivity contribution is -0.121. The maximum absolute atomic E-state index is 13.1. The molecule has 19 heavy (non-hydrogen) atoms. The van der Waals surface area contributed by atoms with Crippen molar-refractivity contribution in [2.45, 2.75) is 32.1 Å². The molecule has 1 atom stereocenters. The van der Waals surface area contributed by atoms with E-state index in [2.05, 4.69) is 5.32 Å². The average Bonchev–Trinajstić information content (AvgIpc) is 3.17. The number of hydrogen-bond acceptors (Lipinski definition) is 2. The van der Waals surface area contributed by atoms with Crippen molar-refractivity contribution in [1.29, 1.82) is 0 Å². The van der Waals surface area contributed by atoms with Gasteiger partial charge in [-0.05, 0) is 36.5 Å². The zero-order valence-corrected chi connectivity index (χ0v) is 11.2. The molecule has 1 aliphatic carbocycles. The van der Waals surface area contributed by atoms with Gasteiger partial charge in [-0.1, -0.05) is 19.1 Å². The molecule has 1 aromatic rings. The van der Waals surface area contributed by atoms with Crippen LogP contribution in [0.3, 0.4) is 0 Å². The van der Waals surface area contributed by atoms with Gasteiger partial charge in [-0.15, -0.1) is 0 Å². The molecule has 2 rings (SSSR count). The highest BCUT2D eigenvalue weighted by molar-refractivity contribution is 5.76. The Morgan fingerprint density at radius 2 is 2.26 bits per heavy atom. The standard InChI is InChI=1S/C15H20FNO2/c1-11(12-3-2-4-13(16)8-12)7-14(19)17-9-15(10-18)5-6-15/h2-4,8,11,18H,5-7,9-10H2,1H3,(H,17,19). The minimum atomic E-state index is -0.276. The van der Waals surface area contributed by atoms with E-state index in [1.807, 2.05) is 13.0 Å². The molecule has 1 amide bonds. The summed E-state index contributed by atoms with van der Waals surface area (Å²) in [6.07, 6.45) is 2.29. The molecule has 1 saturated carbocycles. The van der Waals surface area contributed by atoms with Crippen LogP contribution in [0, 0.1) is 11.2 Å². The molecule has 0 aliphatic heterocycles. The van der Waals surface area contributed by atoms with E-state index >= 15 is 0 Å². The molecule has 3 nitrogen and oxygen atoms in total. The normalized spacial score (nSPS) is 17.8. The second kappa shape index (κ2) is 5.70. The minimum Gasteiger partial charge on any atom is -0.396 e. The van der Waals surface area contributed by atoms with Gasteiger partial charge in [0.15, 0.2) is 0 Å². The predicted molar refractivity (Wildman–Crippen MR) is 71.2 cm³/mol. The average molecular weight is 265 g/mol. The summed E-state index contributed by atoms with van der Waals surface area (Å²) in [7, 11) is 0. The predicted octanol–water partition coefficient (Wildman–Crippen LogP) is 2.21. The molecule has 0 aromatic heterocycles. The summed E-state index contributed by atoms with van der Waals surface area (Å²) in [5.41, 5.74) is 0.760. The van der Waals surface area contributed by atoms with Crippen molar-refractivity contribution in [3.63, 3.8) is 0 Å². The molecule has 1 aliphatic rings. The first kappa shape index (κ1) is 14.0. The van der Waals surface area contributed by atoms with Gasteiger partial charge in [0, 0.05) is 18.4 Å². The fourth-order valence-electron chi connectivity index (χ4n) is 2.13. The van der Waals surface area contributed by atoms with Gasteiger partial charge in [-0.2, -0.15) is 0 Å². The van der Waals surface area contributed by atoms with Gasteiger partial charge in [-0.25, -0.2) is 4.39 Å². The molecule has 0 heterocycles. The van der Waals surface area contributed by atoms with Crippen LogP contribution in [0.1, 0.15) is 37.7 Å². The van der Waals surface area contributed by atoms with Gasteiger partial charge in [-0.3, -0.25) is 4.79 Å². The first-order valence-electron chi connectivity index (χ1n) is 6.68. The summed E-state index contributed by atoms with van der Waals surface area (Å²) in [5.74, 6) is -0.335. The van der Waals surface area contributed by atoms with Gasteiger partial charge in [0.05, 0.1) is 6.61 Å². The number of hydrogen-bond donors (Lipinski definition) is 2. The molecule has 104 valence electrons. The lowest BCUT2D eigenvalue weighted by atomic mass is 9.97. The molecule has 0 spiro atoms. The Labute approximate surface area is 112 Å². The van der Waals surface area contributed by atoms with Crippen LogP contribution in [-0.4, -0.2) is 24.2 Å². The highest BCUT2D eigenvalue weighted by Crippen LogP contribution is 2.44. The second-order valence-electron chi connectivity index (χ2n) is 5.60. The first-order chi connectivity index (χ1) is 9.04. The summed E-state index contributed by atoms with van der Waals surface area (Å²) in [6, 6.07) is 6.35. The number of aliphatic hydroxyl groups excluding tert-OH is 1. The van der Waals surface area contributed by atoms with Crippen LogP contribution in [0.5, 0.6) is 0 Å². The zero-order valence-electron chi connectivity index (χ0n) is 11.2. The Morgan fingerprint density at radius 1 is 1.53 bits per heavy atom. The Bertz CT molecular complexity index is 457. The molecule has 4 heteroatoms. The van der Waals surface area contributed by atoms with E-state index in [-0.39, 0.29) is 29.7 Å². The van der Waals surface area contributed by atoms with E-state index in [4.69, 9.17) is 5.11 Å². The van der Waals surface area contributed by atoms with Gasteiger partial charge in [0.25, 0.3) is 0 Å². The number of rotatable bonds is 6. The van der Waals surface area contributed by atoms with Gasteiger partial charge in [0.1, 0.15) is 5.82 Å². The van der Waals surface area contributed by atoms with E-state index in [1.54, 1.807) is 6.07 Å². The van der Waals surface area contributed by atoms with Crippen LogP contribution in [-0.2, 0) is 4.79 Å².